The lowest BCUT2D eigenvalue weighted by molar-refractivity contribution is 0.238. The molecule has 1 aliphatic heterocycles. The van der Waals surface area contributed by atoms with Crippen molar-refractivity contribution in [3.63, 3.8) is 0 Å². The van der Waals surface area contributed by atoms with Gasteiger partial charge in [-0.25, -0.2) is 4.98 Å². The predicted octanol–water partition coefficient (Wildman–Crippen LogP) is 3.86. The third-order valence-electron chi connectivity index (χ3n) is 4.59. The number of nitrogens with zero attached hydrogens (tertiary/aromatic N) is 2. The van der Waals surface area contributed by atoms with E-state index in [1.54, 1.807) is 0 Å². The lowest BCUT2D eigenvalue weighted by Crippen LogP contribution is -2.39. The zero-order valence-electron chi connectivity index (χ0n) is 12.9. The number of hydrogen-bond acceptors (Lipinski definition) is 3. The van der Waals surface area contributed by atoms with Gasteiger partial charge in [0.2, 0.25) is 0 Å². The molecule has 0 radical (unpaired) electrons. The first-order chi connectivity index (χ1) is 9.58. The van der Waals surface area contributed by atoms with Gasteiger partial charge < -0.3 is 10.2 Å². The van der Waals surface area contributed by atoms with E-state index >= 15 is 0 Å². The molecule has 0 amide bonds. The lowest BCUT2D eigenvalue weighted by atomic mass is 9.78. The van der Waals surface area contributed by atoms with Crippen molar-refractivity contribution in [2.75, 3.05) is 24.5 Å². The zero-order valence-corrected chi connectivity index (χ0v) is 13.6. The first-order valence-corrected chi connectivity index (χ1v) is 8.07. The first-order valence-electron chi connectivity index (χ1n) is 7.69. The van der Waals surface area contributed by atoms with E-state index in [0.29, 0.717) is 5.41 Å². The minimum atomic E-state index is 0.509. The van der Waals surface area contributed by atoms with Crippen LogP contribution in [0.2, 0.25) is 5.02 Å². The van der Waals surface area contributed by atoms with Gasteiger partial charge in [0.05, 0.1) is 10.7 Å². The van der Waals surface area contributed by atoms with Crippen LogP contribution in [0.5, 0.6) is 0 Å². The summed E-state index contributed by atoms with van der Waals surface area (Å²) in [5.41, 5.74) is 1.46. The van der Waals surface area contributed by atoms with E-state index in [1.165, 1.54) is 19.3 Å². The van der Waals surface area contributed by atoms with Crippen LogP contribution < -0.4 is 10.2 Å². The summed E-state index contributed by atoms with van der Waals surface area (Å²) in [7, 11) is 0. The Morgan fingerprint density at radius 1 is 1.30 bits per heavy atom. The second-order valence-electron chi connectivity index (χ2n) is 6.03. The van der Waals surface area contributed by atoms with E-state index in [4.69, 9.17) is 16.6 Å². The van der Waals surface area contributed by atoms with Crippen molar-refractivity contribution in [3.8, 4) is 0 Å². The van der Waals surface area contributed by atoms with E-state index in [-0.39, 0.29) is 0 Å². The van der Waals surface area contributed by atoms with Gasteiger partial charge in [-0.15, -0.1) is 0 Å². The fourth-order valence-electron chi connectivity index (χ4n) is 2.65. The van der Waals surface area contributed by atoms with E-state index in [0.717, 1.165) is 42.7 Å². The Bertz CT molecular complexity index is 439. The van der Waals surface area contributed by atoms with E-state index in [1.807, 2.05) is 12.1 Å². The van der Waals surface area contributed by atoms with Gasteiger partial charge in [0.25, 0.3) is 0 Å². The number of rotatable bonds is 5. The Balaban J connectivity index is 2.06. The van der Waals surface area contributed by atoms with Crippen LogP contribution >= 0.6 is 11.6 Å². The number of pyridine rings is 1. The Labute approximate surface area is 127 Å². The Morgan fingerprint density at radius 3 is 2.60 bits per heavy atom. The van der Waals surface area contributed by atoms with Crippen molar-refractivity contribution in [3.05, 3.63) is 22.8 Å². The average molecular weight is 296 g/mol. The van der Waals surface area contributed by atoms with Crippen molar-refractivity contribution in [2.24, 2.45) is 5.41 Å². The molecule has 2 heterocycles. The first kappa shape index (κ1) is 15.6. The van der Waals surface area contributed by atoms with Gasteiger partial charge in [0.1, 0.15) is 5.82 Å². The van der Waals surface area contributed by atoms with Crippen LogP contribution in [0.3, 0.4) is 0 Å². The molecular weight excluding hydrogens is 270 g/mol. The summed E-state index contributed by atoms with van der Waals surface area (Å²) in [5, 5.41) is 4.05. The van der Waals surface area contributed by atoms with Crippen molar-refractivity contribution < 1.29 is 0 Å². The molecule has 112 valence electrons. The molecule has 1 aromatic heterocycles. The smallest absolute Gasteiger partial charge is 0.128 e. The maximum absolute atomic E-state index is 6.22. The molecule has 1 saturated heterocycles. The molecule has 0 atom stereocenters. The summed E-state index contributed by atoms with van der Waals surface area (Å²) in [6.45, 7) is 10.7. The molecular formula is C16H26ClN3. The zero-order chi connectivity index (χ0) is 14.6. The standard InChI is InChI=1S/C16H26ClN3/c1-4-16(3)8-10-20(11-9-16)15-7-6-13(17)14(19-15)12-18-5-2/h6-7,18H,4-5,8-12H2,1-3H3. The Morgan fingerprint density at radius 2 is 2.00 bits per heavy atom. The van der Waals surface area contributed by atoms with Gasteiger partial charge in [-0.05, 0) is 36.9 Å². The summed E-state index contributed by atoms with van der Waals surface area (Å²) in [4.78, 5) is 7.13. The molecule has 1 fully saturated rings. The third-order valence-corrected chi connectivity index (χ3v) is 4.94. The maximum Gasteiger partial charge on any atom is 0.128 e. The highest BCUT2D eigenvalue weighted by atomic mass is 35.5. The third kappa shape index (κ3) is 3.64. The van der Waals surface area contributed by atoms with E-state index in [9.17, 15) is 0 Å². The Hall–Kier alpha value is -0.800. The summed E-state index contributed by atoms with van der Waals surface area (Å²) >= 11 is 6.22. The molecule has 2 rings (SSSR count). The number of anilines is 1. The molecule has 0 unspecified atom stereocenters. The monoisotopic (exact) mass is 295 g/mol. The van der Waals surface area contributed by atoms with Crippen molar-refractivity contribution >= 4 is 17.4 Å². The molecule has 1 aromatic rings. The van der Waals surface area contributed by atoms with Crippen LogP contribution in [0.15, 0.2) is 12.1 Å². The highest BCUT2D eigenvalue weighted by Crippen LogP contribution is 2.35. The van der Waals surface area contributed by atoms with Crippen LogP contribution in [0.1, 0.15) is 45.7 Å². The molecule has 0 aromatic carbocycles. The second kappa shape index (κ2) is 6.77. The Kier molecular flexibility index (Phi) is 5.28. The topological polar surface area (TPSA) is 28.2 Å². The van der Waals surface area contributed by atoms with Gasteiger partial charge in [-0.2, -0.15) is 0 Å². The van der Waals surface area contributed by atoms with Gasteiger partial charge in [0, 0.05) is 19.6 Å². The fourth-order valence-corrected chi connectivity index (χ4v) is 2.82. The van der Waals surface area contributed by atoms with Crippen LogP contribution in [0.4, 0.5) is 5.82 Å². The molecule has 0 saturated carbocycles. The molecule has 0 aliphatic carbocycles. The van der Waals surface area contributed by atoms with Gasteiger partial charge >= 0.3 is 0 Å². The summed E-state index contributed by atoms with van der Waals surface area (Å²) in [6, 6.07) is 4.02. The molecule has 3 nitrogen and oxygen atoms in total. The highest BCUT2D eigenvalue weighted by Gasteiger charge is 2.28. The van der Waals surface area contributed by atoms with Gasteiger partial charge in [0.15, 0.2) is 0 Å². The average Bonchev–Trinajstić information content (AvgIpc) is 2.47. The minimum absolute atomic E-state index is 0.509. The van der Waals surface area contributed by atoms with Crippen molar-refractivity contribution in [1.82, 2.24) is 10.3 Å². The summed E-state index contributed by atoms with van der Waals surface area (Å²) in [6.07, 6.45) is 3.76. The predicted molar refractivity (Wildman–Crippen MR) is 86.5 cm³/mol. The molecule has 20 heavy (non-hydrogen) atoms. The number of hydrogen-bond donors (Lipinski definition) is 1. The fraction of sp³-hybridized carbons (Fsp3) is 0.688. The quantitative estimate of drug-likeness (QED) is 0.894. The minimum Gasteiger partial charge on any atom is -0.357 e. The SMILES string of the molecule is CCNCc1nc(N2CCC(C)(CC)CC2)ccc1Cl. The number of aromatic nitrogens is 1. The summed E-state index contributed by atoms with van der Waals surface area (Å²) in [5.74, 6) is 1.07. The lowest BCUT2D eigenvalue weighted by Gasteiger charge is -2.39. The maximum atomic E-state index is 6.22. The molecule has 0 bridgehead atoms. The van der Waals surface area contributed by atoms with E-state index in [2.05, 4.69) is 31.0 Å². The second-order valence-corrected chi connectivity index (χ2v) is 6.44. The van der Waals surface area contributed by atoms with Gasteiger partial charge in [-0.1, -0.05) is 38.8 Å². The molecule has 4 heteroatoms. The number of nitrogens with one attached hydrogen (secondary N) is 1. The highest BCUT2D eigenvalue weighted by molar-refractivity contribution is 6.31. The number of halogens is 1. The summed E-state index contributed by atoms with van der Waals surface area (Å²) < 4.78 is 0. The van der Waals surface area contributed by atoms with Crippen LogP contribution in [0.25, 0.3) is 0 Å². The molecule has 1 aliphatic rings. The van der Waals surface area contributed by atoms with Crippen LogP contribution in [-0.2, 0) is 6.54 Å². The van der Waals surface area contributed by atoms with Crippen molar-refractivity contribution in [1.29, 1.82) is 0 Å². The van der Waals surface area contributed by atoms with Gasteiger partial charge in [-0.3, -0.25) is 0 Å². The van der Waals surface area contributed by atoms with Crippen LogP contribution in [0, 0.1) is 5.41 Å². The van der Waals surface area contributed by atoms with Crippen molar-refractivity contribution in [2.45, 2.75) is 46.6 Å². The molecule has 0 spiro atoms. The van der Waals surface area contributed by atoms with E-state index < -0.39 is 0 Å². The van der Waals surface area contributed by atoms with Crippen LogP contribution in [-0.4, -0.2) is 24.6 Å². The normalized spacial score (nSPS) is 18.3. The number of piperidine rings is 1. The largest absolute Gasteiger partial charge is 0.357 e. The molecule has 1 N–H and O–H groups in total.